The number of sulfonamides is 1. The molecule has 0 atom stereocenters. The molecule has 0 aliphatic carbocycles. The van der Waals surface area contributed by atoms with E-state index < -0.39 is 10.0 Å². The zero-order valence-corrected chi connectivity index (χ0v) is 19.7. The molecule has 1 aliphatic rings. The van der Waals surface area contributed by atoms with Crippen LogP contribution in [0.4, 0.5) is 0 Å². The average Bonchev–Trinajstić information content (AvgIpc) is 2.88. The Bertz CT molecular complexity index is 1030. The molecule has 1 aliphatic heterocycles. The minimum Gasteiger partial charge on any atom is -0.497 e. The SMILES string of the molecule is COc1ccc(CCC(=O)N2CCCN(S(=O)(=O)c3ccccc3)CCC(=O)NCC2)cc1. The fourth-order valence-electron chi connectivity index (χ4n) is 3.74. The zero-order valence-electron chi connectivity index (χ0n) is 18.9. The van der Waals surface area contributed by atoms with E-state index in [1.807, 2.05) is 24.3 Å². The molecular weight excluding hydrogens is 442 g/mol. The van der Waals surface area contributed by atoms with E-state index in [0.717, 1.165) is 11.3 Å². The summed E-state index contributed by atoms with van der Waals surface area (Å²) in [7, 11) is -2.11. The molecule has 1 N–H and O–H groups in total. The Balaban J connectivity index is 1.64. The van der Waals surface area contributed by atoms with Crippen LogP contribution in [0.15, 0.2) is 59.5 Å². The maximum Gasteiger partial charge on any atom is 0.243 e. The number of nitrogens with zero attached hydrogens (tertiary/aromatic N) is 2. The van der Waals surface area contributed by atoms with Crippen molar-refractivity contribution in [2.24, 2.45) is 0 Å². The lowest BCUT2D eigenvalue weighted by molar-refractivity contribution is -0.131. The van der Waals surface area contributed by atoms with E-state index in [0.29, 0.717) is 38.9 Å². The van der Waals surface area contributed by atoms with Crippen LogP contribution in [0, 0.1) is 0 Å². The van der Waals surface area contributed by atoms with Crippen molar-refractivity contribution in [1.82, 2.24) is 14.5 Å². The van der Waals surface area contributed by atoms with E-state index in [1.165, 1.54) is 4.31 Å². The Morgan fingerprint density at radius 3 is 2.42 bits per heavy atom. The first-order valence-corrected chi connectivity index (χ1v) is 12.6. The maximum atomic E-state index is 13.1. The summed E-state index contributed by atoms with van der Waals surface area (Å²) in [6.07, 6.45) is 1.51. The number of hydrogen-bond donors (Lipinski definition) is 1. The molecule has 8 nitrogen and oxygen atoms in total. The molecule has 0 aromatic heterocycles. The number of aryl methyl sites for hydroxylation is 1. The highest BCUT2D eigenvalue weighted by Crippen LogP contribution is 2.17. The van der Waals surface area contributed by atoms with Gasteiger partial charge in [0.1, 0.15) is 5.75 Å². The van der Waals surface area contributed by atoms with Gasteiger partial charge in [-0.15, -0.1) is 0 Å². The molecule has 1 fully saturated rings. The van der Waals surface area contributed by atoms with Crippen LogP contribution in [0.3, 0.4) is 0 Å². The summed E-state index contributed by atoms with van der Waals surface area (Å²) in [6, 6.07) is 15.8. The standard InChI is InChI=1S/C24H31N3O5S/c1-32-21-11-8-20(9-12-21)10-13-24(29)26-16-5-17-27(18-14-23(28)25-15-19-26)33(30,31)22-6-3-2-4-7-22/h2-4,6-9,11-12H,5,10,13-19H2,1H3,(H,25,28). The minimum absolute atomic E-state index is 0.0169. The molecule has 0 radical (unpaired) electrons. The lowest BCUT2D eigenvalue weighted by Gasteiger charge is -2.25. The van der Waals surface area contributed by atoms with Gasteiger partial charge in [-0.1, -0.05) is 30.3 Å². The first-order chi connectivity index (χ1) is 15.9. The van der Waals surface area contributed by atoms with Gasteiger partial charge in [0.05, 0.1) is 12.0 Å². The van der Waals surface area contributed by atoms with Crippen LogP contribution in [0.2, 0.25) is 0 Å². The molecule has 3 rings (SSSR count). The normalized spacial score (nSPS) is 16.5. The fourth-order valence-corrected chi connectivity index (χ4v) is 5.24. The molecule has 2 aromatic carbocycles. The van der Waals surface area contributed by atoms with Gasteiger partial charge in [0.2, 0.25) is 21.8 Å². The number of nitrogens with one attached hydrogen (secondary N) is 1. The van der Waals surface area contributed by atoms with E-state index >= 15 is 0 Å². The summed E-state index contributed by atoms with van der Waals surface area (Å²) in [4.78, 5) is 27.0. The second-order valence-electron chi connectivity index (χ2n) is 7.90. The Morgan fingerprint density at radius 1 is 1.00 bits per heavy atom. The van der Waals surface area contributed by atoms with Crippen molar-refractivity contribution in [3.63, 3.8) is 0 Å². The van der Waals surface area contributed by atoms with Crippen LogP contribution in [0.25, 0.3) is 0 Å². The summed E-state index contributed by atoms with van der Waals surface area (Å²) in [5.41, 5.74) is 1.04. The Hall–Kier alpha value is -2.91. The second kappa shape index (κ2) is 11.8. The Kier molecular flexibility index (Phi) is 8.85. The van der Waals surface area contributed by atoms with Crippen molar-refractivity contribution in [1.29, 1.82) is 0 Å². The molecule has 9 heteroatoms. The smallest absolute Gasteiger partial charge is 0.243 e. The van der Waals surface area contributed by atoms with Gasteiger partial charge in [0, 0.05) is 45.6 Å². The Labute approximate surface area is 195 Å². The third-order valence-corrected chi connectivity index (χ3v) is 7.56. The first kappa shape index (κ1) is 24.7. The number of methoxy groups -OCH3 is 1. The molecule has 2 aromatic rings. The first-order valence-electron chi connectivity index (χ1n) is 11.1. The highest BCUT2D eigenvalue weighted by Gasteiger charge is 2.25. The predicted molar refractivity (Wildman–Crippen MR) is 125 cm³/mol. The van der Waals surface area contributed by atoms with Gasteiger partial charge < -0.3 is 15.0 Å². The monoisotopic (exact) mass is 473 g/mol. The summed E-state index contributed by atoms with van der Waals surface area (Å²) in [5, 5.41) is 2.79. The van der Waals surface area contributed by atoms with E-state index in [4.69, 9.17) is 4.74 Å². The minimum atomic E-state index is -3.72. The van der Waals surface area contributed by atoms with Crippen LogP contribution < -0.4 is 10.1 Å². The van der Waals surface area contributed by atoms with Crippen molar-refractivity contribution >= 4 is 21.8 Å². The van der Waals surface area contributed by atoms with E-state index in [9.17, 15) is 18.0 Å². The molecule has 0 bridgehead atoms. The van der Waals surface area contributed by atoms with Gasteiger partial charge in [-0.05, 0) is 42.7 Å². The van der Waals surface area contributed by atoms with Gasteiger partial charge >= 0.3 is 0 Å². The van der Waals surface area contributed by atoms with Crippen LogP contribution in [-0.4, -0.2) is 69.3 Å². The highest BCUT2D eigenvalue weighted by atomic mass is 32.2. The van der Waals surface area contributed by atoms with Crippen LogP contribution in [0.1, 0.15) is 24.8 Å². The number of carbonyl (C=O) groups excluding carboxylic acids is 2. The summed E-state index contributed by atoms with van der Waals surface area (Å²) >= 11 is 0. The summed E-state index contributed by atoms with van der Waals surface area (Å²) < 4.78 is 32.6. The topological polar surface area (TPSA) is 96.0 Å². The average molecular weight is 474 g/mol. The number of benzene rings is 2. The molecule has 178 valence electrons. The maximum absolute atomic E-state index is 13.1. The van der Waals surface area contributed by atoms with Gasteiger partial charge in [-0.3, -0.25) is 9.59 Å². The largest absolute Gasteiger partial charge is 0.497 e. The van der Waals surface area contributed by atoms with Crippen molar-refractivity contribution in [3.05, 3.63) is 60.2 Å². The molecule has 0 spiro atoms. The molecule has 0 saturated carbocycles. The van der Waals surface area contributed by atoms with Gasteiger partial charge in [0.25, 0.3) is 0 Å². The molecule has 0 unspecified atom stereocenters. The quantitative estimate of drug-likeness (QED) is 0.693. The highest BCUT2D eigenvalue weighted by molar-refractivity contribution is 7.89. The lowest BCUT2D eigenvalue weighted by atomic mass is 10.1. The zero-order chi connectivity index (χ0) is 23.7. The van der Waals surface area contributed by atoms with Crippen LogP contribution in [-0.2, 0) is 26.0 Å². The van der Waals surface area contributed by atoms with E-state index in [2.05, 4.69) is 5.32 Å². The van der Waals surface area contributed by atoms with Gasteiger partial charge in [-0.2, -0.15) is 4.31 Å². The van der Waals surface area contributed by atoms with Crippen LogP contribution in [0.5, 0.6) is 5.75 Å². The number of hydrogen-bond acceptors (Lipinski definition) is 5. The van der Waals surface area contributed by atoms with Crippen molar-refractivity contribution in [2.45, 2.75) is 30.6 Å². The van der Waals surface area contributed by atoms with Crippen molar-refractivity contribution in [3.8, 4) is 5.75 Å². The molecular formula is C24H31N3O5S. The van der Waals surface area contributed by atoms with E-state index in [-0.39, 0.29) is 36.2 Å². The number of rotatable bonds is 6. The molecule has 2 amide bonds. The predicted octanol–water partition coefficient (Wildman–Crippen LogP) is 2.06. The third-order valence-electron chi connectivity index (χ3n) is 5.65. The molecule has 1 saturated heterocycles. The fraction of sp³-hybridized carbons (Fsp3) is 0.417. The summed E-state index contributed by atoms with van der Waals surface area (Å²) in [5.74, 6) is 0.524. The van der Waals surface area contributed by atoms with E-state index in [1.54, 1.807) is 42.3 Å². The Morgan fingerprint density at radius 2 is 1.73 bits per heavy atom. The van der Waals surface area contributed by atoms with Crippen molar-refractivity contribution in [2.75, 3.05) is 39.8 Å². The molecule has 33 heavy (non-hydrogen) atoms. The molecule has 1 heterocycles. The number of amides is 2. The lowest BCUT2D eigenvalue weighted by Crippen LogP contribution is -2.39. The number of ether oxygens (including phenoxy) is 1. The number of carbonyl (C=O) groups is 2. The second-order valence-corrected chi connectivity index (χ2v) is 9.84. The van der Waals surface area contributed by atoms with Crippen LogP contribution >= 0.6 is 0 Å². The van der Waals surface area contributed by atoms with Crippen molar-refractivity contribution < 1.29 is 22.7 Å². The van der Waals surface area contributed by atoms with Gasteiger partial charge in [0.15, 0.2) is 0 Å². The third kappa shape index (κ3) is 7.03. The van der Waals surface area contributed by atoms with Gasteiger partial charge in [-0.25, -0.2) is 8.42 Å². The summed E-state index contributed by atoms with van der Waals surface area (Å²) in [6.45, 7) is 1.52.